The standard InChI is InChI=1S/C16H15NO3S/c1-11-4-2-3-5-14(11)17-15(18)10-21-13-8-6-12(7-9-13)16(19)20/h2-9H,10H2,1H3,(H,17,18)(H,19,20). The van der Waals surface area contributed by atoms with Crippen LogP contribution in [0.2, 0.25) is 0 Å². The normalized spacial score (nSPS) is 10.1. The van der Waals surface area contributed by atoms with E-state index in [4.69, 9.17) is 5.11 Å². The number of hydrogen-bond acceptors (Lipinski definition) is 3. The summed E-state index contributed by atoms with van der Waals surface area (Å²) in [4.78, 5) is 23.5. The average Bonchev–Trinajstić information content (AvgIpc) is 2.48. The highest BCUT2D eigenvalue weighted by Gasteiger charge is 2.06. The second-order valence-corrected chi connectivity index (χ2v) is 5.53. The van der Waals surface area contributed by atoms with Crippen molar-refractivity contribution in [2.75, 3.05) is 11.1 Å². The second kappa shape index (κ2) is 6.95. The van der Waals surface area contributed by atoms with E-state index in [1.807, 2.05) is 31.2 Å². The molecule has 0 radical (unpaired) electrons. The van der Waals surface area contributed by atoms with Crippen molar-refractivity contribution in [3.8, 4) is 0 Å². The quantitative estimate of drug-likeness (QED) is 0.830. The minimum atomic E-state index is -0.955. The number of carbonyl (C=O) groups is 2. The number of carboxylic acid groups (broad SMARTS) is 1. The van der Waals surface area contributed by atoms with Crippen LogP contribution in [0.3, 0.4) is 0 Å². The van der Waals surface area contributed by atoms with E-state index in [-0.39, 0.29) is 17.2 Å². The zero-order valence-corrected chi connectivity index (χ0v) is 12.3. The lowest BCUT2D eigenvalue weighted by atomic mass is 10.2. The van der Waals surface area contributed by atoms with Crippen LogP contribution in [0.5, 0.6) is 0 Å². The first-order chi connectivity index (χ1) is 10.1. The molecular formula is C16H15NO3S. The maximum absolute atomic E-state index is 11.9. The minimum absolute atomic E-state index is 0.0865. The second-order valence-electron chi connectivity index (χ2n) is 4.48. The minimum Gasteiger partial charge on any atom is -0.478 e. The van der Waals surface area contributed by atoms with Crippen molar-refractivity contribution < 1.29 is 14.7 Å². The number of amides is 1. The van der Waals surface area contributed by atoms with Gasteiger partial charge in [0.1, 0.15) is 0 Å². The van der Waals surface area contributed by atoms with E-state index >= 15 is 0 Å². The van der Waals surface area contributed by atoms with Crippen LogP contribution in [0.15, 0.2) is 53.4 Å². The molecule has 0 aromatic heterocycles. The summed E-state index contributed by atoms with van der Waals surface area (Å²) in [6.07, 6.45) is 0. The number of thioether (sulfide) groups is 1. The van der Waals surface area contributed by atoms with Crippen LogP contribution >= 0.6 is 11.8 Å². The lowest BCUT2D eigenvalue weighted by Crippen LogP contribution is -2.14. The molecule has 4 nitrogen and oxygen atoms in total. The summed E-state index contributed by atoms with van der Waals surface area (Å²) in [7, 11) is 0. The Morgan fingerprint density at radius 3 is 2.38 bits per heavy atom. The Bertz CT molecular complexity index is 653. The number of aryl methyl sites for hydroxylation is 1. The van der Waals surface area contributed by atoms with E-state index in [0.29, 0.717) is 0 Å². The summed E-state index contributed by atoms with van der Waals surface area (Å²) in [6.45, 7) is 1.94. The van der Waals surface area contributed by atoms with Gasteiger partial charge in [-0.15, -0.1) is 11.8 Å². The molecule has 0 bridgehead atoms. The molecule has 0 saturated heterocycles. The topological polar surface area (TPSA) is 66.4 Å². The number of benzene rings is 2. The van der Waals surface area contributed by atoms with E-state index in [2.05, 4.69) is 5.32 Å². The highest BCUT2D eigenvalue weighted by atomic mass is 32.2. The van der Waals surface area contributed by atoms with E-state index in [1.54, 1.807) is 12.1 Å². The third kappa shape index (κ3) is 4.36. The first kappa shape index (κ1) is 15.1. The number of hydrogen-bond donors (Lipinski definition) is 2. The van der Waals surface area contributed by atoms with Crippen molar-refractivity contribution in [3.63, 3.8) is 0 Å². The predicted octanol–water partition coefficient (Wildman–Crippen LogP) is 3.42. The number of rotatable bonds is 5. The van der Waals surface area contributed by atoms with Gasteiger partial charge in [0.2, 0.25) is 5.91 Å². The maximum atomic E-state index is 11.9. The average molecular weight is 301 g/mol. The molecule has 0 unspecified atom stereocenters. The van der Waals surface area contributed by atoms with Gasteiger partial charge >= 0.3 is 5.97 Å². The molecule has 0 heterocycles. The van der Waals surface area contributed by atoms with Gasteiger partial charge in [-0.25, -0.2) is 4.79 Å². The number of carboxylic acids is 1. The largest absolute Gasteiger partial charge is 0.478 e. The van der Waals surface area contributed by atoms with Crippen molar-refractivity contribution in [2.45, 2.75) is 11.8 Å². The van der Waals surface area contributed by atoms with Crippen molar-refractivity contribution in [1.82, 2.24) is 0 Å². The van der Waals surface area contributed by atoms with Gasteiger partial charge in [-0.2, -0.15) is 0 Å². The fourth-order valence-corrected chi connectivity index (χ4v) is 2.44. The van der Waals surface area contributed by atoms with E-state index in [9.17, 15) is 9.59 Å². The molecule has 0 atom stereocenters. The summed E-state index contributed by atoms with van der Waals surface area (Å²) < 4.78 is 0. The Labute approximate surface area is 127 Å². The molecule has 2 aromatic rings. The smallest absolute Gasteiger partial charge is 0.335 e. The van der Waals surface area contributed by atoms with Crippen LogP contribution in [0.4, 0.5) is 5.69 Å². The van der Waals surface area contributed by atoms with Crippen molar-refractivity contribution in [1.29, 1.82) is 0 Å². The van der Waals surface area contributed by atoms with Crippen LogP contribution in [0.25, 0.3) is 0 Å². The summed E-state index contributed by atoms with van der Waals surface area (Å²) >= 11 is 1.37. The molecule has 2 rings (SSSR count). The van der Waals surface area contributed by atoms with E-state index in [0.717, 1.165) is 16.1 Å². The lowest BCUT2D eigenvalue weighted by Gasteiger charge is -2.08. The number of para-hydroxylation sites is 1. The van der Waals surface area contributed by atoms with Crippen molar-refractivity contribution in [3.05, 3.63) is 59.7 Å². The first-order valence-corrected chi connectivity index (χ1v) is 7.36. The summed E-state index contributed by atoms with van der Waals surface area (Å²) in [5.74, 6) is -0.763. The molecule has 108 valence electrons. The van der Waals surface area contributed by atoms with Crippen LogP contribution in [0.1, 0.15) is 15.9 Å². The van der Waals surface area contributed by atoms with Gasteiger partial charge in [-0.1, -0.05) is 18.2 Å². The van der Waals surface area contributed by atoms with Gasteiger partial charge in [0.05, 0.1) is 11.3 Å². The highest BCUT2D eigenvalue weighted by Crippen LogP contribution is 2.19. The van der Waals surface area contributed by atoms with Crippen LogP contribution in [0, 0.1) is 6.92 Å². The Kier molecular flexibility index (Phi) is 5.00. The fraction of sp³-hybridized carbons (Fsp3) is 0.125. The van der Waals surface area contributed by atoms with Crippen LogP contribution < -0.4 is 5.32 Å². The Hall–Kier alpha value is -2.27. The maximum Gasteiger partial charge on any atom is 0.335 e. The fourth-order valence-electron chi connectivity index (χ4n) is 1.74. The molecule has 21 heavy (non-hydrogen) atoms. The number of aromatic carboxylic acids is 1. The molecule has 0 fully saturated rings. The third-order valence-electron chi connectivity index (χ3n) is 2.89. The molecule has 0 spiro atoms. The van der Waals surface area contributed by atoms with Crippen LogP contribution in [-0.2, 0) is 4.79 Å². The first-order valence-electron chi connectivity index (χ1n) is 6.38. The Balaban J connectivity index is 1.89. The number of anilines is 1. The van der Waals surface area contributed by atoms with Gasteiger partial charge in [0, 0.05) is 10.6 Å². The molecule has 2 aromatic carbocycles. The molecule has 0 aliphatic heterocycles. The van der Waals surface area contributed by atoms with E-state index in [1.165, 1.54) is 23.9 Å². The molecule has 0 aliphatic carbocycles. The monoisotopic (exact) mass is 301 g/mol. The summed E-state index contributed by atoms with van der Waals surface area (Å²) in [5, 5.41) is 11.7. The van der Waals surface area contributed by atoms with Gasteiger partial charge in [-0.3, -0.25) is 4.79 Å². The van der Waals surface area contributed by atoms with E-state index < -0.39 is 5.97 Å². The van der Waals surface area contributed by atoms with Crippen molar-refractivity contribution >= 4 is 29.3 Å². The van der Waals surface area contributed by atoms with Gasteiger partial charge in [-0.05, 0) is 42.8 Å². The Morgan fingerprint density at radius 2 is 1.76 bits per heavy atom. The number of nitrogens with one attached hydrogen (secondary N) is 1. The SMILES string of the molecule is Cc1ccccc1NC(=O)CSc1ccc(C(=O)O)cc1. The zero-order valence-electron chi connectivity index (χ0n) is 11.5. The third-order valence-corrected chi connectivity index (χ3v) is 3.90. The summed E-state index contributed by atoms with van der Waals surface area (Å²) in [6, 6.07) is 14.1. The number of carbonyl (C=O) groups excluding carboxylic acids is 1. The lowest BCUT2D eigenvalue weighted by molar-refractivity contribution is -0.113. The molecule has 1 amide bonds. The van der Waals surface area contributed by atoms with Gasteiger partial charge < -0.3 is 10.4 Å². The van der Waals surface area contributed by atoms with Crippen LogP contribution in [-0.4, -0.2) is 22.7 Å². The molecular weight excluding hydrogens is 286 g/mol. The zero-order chi connectivity index (χ0) is 15.2. The summed E-state index contributed by atoms with van der Waals surface area (Å²) in [5.41, 5.74) is 2.06. The van der Waals surface area contributed by atoms with Gasteiger partial charge in [0.15, 0.2) is 0 Å². The molecule has 0 saturated carbocycles. The van der Waals surface area contributed by atoms with Gasteiger partial charge in [0.25, 0.3) is 0 Å². The molecule has 5 heteroatoms. The Morgan fingerprint density at radius 1 is 1.10 bits per heavy atom. The molecule has 2 N–H and O–H groups in total. The predicted molar refractivity (Wildman–Crippen MR) is 83.9 cm³/mol. The molecule has 0 aliphatic rings. The van der Waals surface area contributed by atoms with Crippen molar-refractivity contribution in [2.24, 2.45) is 0 Å². The highest BCUT2D eigenvalue weighted by molar-refractivity contribution is 8.00.